The number of aromatic nitrogens is 1. The Hall–Kier alpha value is -1.42. The number of aryl methyl sites for hydroxylation is 1. The third kappa shape index (κ3) is 8.08. The molecule has 0 saturated carbocycles. The number of rotatable bonds is 8. The Bertz CT molecular complexity index is 732. The number of piperidine rings is 1. The van der Waals surface area contributed by atoms with Crippen LogP contribution in [-0.4, -0.2) is 55.2 Å². The van der Waals surface area contributed by atoms with Crippen LogP contribution >= 0.6 is 35.7 Å². The zero-order valence-corrected chi connectivity index (χ0v) is 20.4. The number of nitrogens with zero attached hydrogens (tertiary/aromatic N) is 3. The molecule has 6 nitrogen and oxygen atoms in total. The number of hydrogen-bond donors (Lipinski definition) is 2. The molecule has 2 N–H and O–H groups in total. The summed E-state index contributed by atoms with van der Waals surface area (Å²) in [6.45, 7) is 5.70. The average Bonchev–Trinajstić information content (AvgIpc) is 3.22. The van der Waals surface area contributed by atoms with E-state index in [-0.39, 0.29) is 24.0 Å². The minimum Gasteiger partial charge on any atom is -0.469 e. The Kier molecular flexibility index (Phi) is 10.7. The number of hydrogen-bond acceptors (Lipinski definition) is 5. The number of guanidine groups is 1. The first-order valence-electron chi connectivity index (χ1n) is 9.99. The molecule has 0 radical (unpaired) electrons. The van der Waals surface area contributed by atoms with Gasteiger partial charge in [0.15, 0.2) is 5.96 Å². The molecule has 1 aliphatic rings. The lowest BCUT2D eigenvalue weighted by Crippen LogP contribution is -2.49. The SMILES string of the molecule is CSCCN=C(NCCc1ccco1)NC1CCN(c2cccc(C)n2)CC1.I. The maximum Gasteiger partial charge on any atom is 0.191 e. The average molecular weight is 529 g/mol. The summed E-state index contributed by atoms with van der Waals surface area (Å²) < 4.78 is 5.41. The predicted octanol–water partition coefficient (Wildman–Crippen LogP) is 3.71. The quantitative estimate of drug-likeness (QED) is 0.235. The molecule has 2 aromatic heterocycles. The van der Waals surface area contributed by atoms with Crippen LogP contribution in [-0.2, 0) is 6.42 Å². The summed E-state index contributed by atoms with van der Waals surface area (Å²) in [4.78, 5) is 11.8. The van der Waals surface area contributed by atoms with Gasteiger partial charge in [-0.15, -0.1) is 24.0 Å². The van der Waals surface area contributed by atoms with E-state index in [2.05, 4.69) is 38.9 Å². The molecule has 3 rings (SSSR count). The Morgan fingerprint density at radius 2 is 2.10 bits per heavy atom. The van der Waals surface area contributed by atoms with Gasteiger partial charge >= 0.3 is 0 Å². The van der Waals surface area contributed by atoms with Gasteiger partial charge in [0.2, 0.25) is 0 Å². The van der Waals surface area contributed by atoms with Crippen molar-refractivity contribution in [2.75, 3.05) is 43.1 Å². The predicted molar refractivity (Wildman–Crippen MR) is 134 cm³/mol. The van der Waals surface area contributed by atoms with Gasteiger partial charge in [-0.1, -0.05) is 6.07 Å². The van der Waals surface area contributed by atoms with E-state index >= 15 is 0 Å². The summed E-state index contributed by atoms with van der Waals surface area (Å²) >= 11 is 1.82. The van der Waals surface area contributed by atoms with Crippen molar-refractivity contribution in [3.8, 4) is 0 Å². The van der Waals surface area contributed by atoms with E-state index in [4.69, 9.17) is 9.41 Å². The third-order valence-corrected chi connectivity index (χ3v) is 5.43. The highest BCUT2D eigenvalue weighted by atomic mass is 127. The fourth-order valence-electron chi connectivity index (χ4n) is 3.31. The topological polar surface area (TPSA) is 65.7 Å². The molecule has 3 heterocycles. The summed E-state index contributed by atoms with van der Waals surface area (Å²) in [7, 11) is 0. The lowest BCUT2D eigenvalue weighted by Gasteiger charge is -2.34. The van der Waals surface area contributed by atoms with Crippen LogP contribution in [0.5, 0.6) is 0 Å². The van der Waals surface area contributed by atoms with Crippen LogP contribution in [0.15, 0.2) is 46.0 Å². The van der Waals surface area contributed by atoms with Crippen LogP contribution in [0.4, 0.5) is 5.82 Å². The Morgan fingerprint density at radius 3 is 2.79 bits per heavy atom. The first kappa shape index (κ1) is 23.9. The molecule has 0 spiro atoms. The van der Waals surface area contributed by atoms with Gasteiger partial charge in [0.1, 0.15) is 11.6 Å². The largest absolute Gasteiger partial charge is 0.469 e. The molecule has 1 fully saturated rings. The second kappa shape index (κ2) is 13.0. The van der Waals surface area contributed by atoms with Crippen molar-refractivity contribution in [2.24, 2.45) is 4.99 Å². The molecule has 0 unspecified atom stereocenters. The van der Waals surface area contributed by atoms with Crippen molar-refractivity contribution in [3.63, 3.8) is 0 Å². The Morgan fingerprint density at radius 1 is 1.28 bits per heavy atom. The molecule has 160 valence electrons. The second-order valence-electron chi connectivity index (χ2n) is 7.02. The van der Waals surface area contributed by atoms with E-state index in [0.717, 1.165) is 74.4 Å². The van der Waals surface area contributed by atoms with Crippen molar-refractivity contribution >= 4 is 47.5 Å². The van der Waals surface area contributed by atoms with Gasteiger partial charge < -0.3 is 20.0 Å². The molecule has 1 aliphatic heterocycles. The Balaban J connectivity index is 0.00000300. The van der Waals surface area contributed by atoms with E-state index in [0.29, 0.717) is 6.04 Å². The molecular formula is C21H32IN5OS. The second-order valence-corrected chi connectivity index (χ2v) is 8.01. The van der Waals surface area contributed by atoms with Crippen LogP contribution in [0.2, 0.25) is 0 Å². The number of nitrogens with one attached hydrogen (secondary N) is 2. The number of thioether (sulfide) groups is 1. The van der Waals surface area contributed by atoms with E-state index in [1.54, 1.807) is 6.26 Å². The normalized spacial score (nSPS) is 15.1. The van der Waals surface area contributed by atoms with Gasteiger partial charge in [0, 0.05) is 43.5 Å². The van der Waals surface area contributed by atoms with E-state index in [1.165, 1.54) is 0 Å². The lowest BCUT2D eigenvalue weighted by atomic mass is 10.1. The molecule has 29 heavy (non-hydrogen) atoms. The van der Waals surface area contributed by atoms with E-state index < -0.39 is 0 Å². The van der Waals surface area contributed by atoms with Crippen LogP contribution in [0.3, 0.4) is 0 Å². The minimum absolute atomic E-state index is 0. The van der Waals surface area contributed by atoms with Crippen LogP contribution < -0.4 is 15.5 Å². The van der Waals surface area contributed by atoms with Gasteiger partial charge in [0.25, 0.3) is 0 Å². The van der Waals surface area contributed by atoms with E-state index in [1.807, 2.05) is 36.9 Å². The highest BCUT2D eigenvalue weighted by molar-refractivity contribution is 14.0. The number of anilines is 1. The van der Waals surface area contributed by atoms with E-state index in [9.17, 15) is 0 Å². The molecule has 0 amide bonds. The Labute approximate surface area is 195 Å². The molecular weight excluding hydrogens is 497 g/mol. The summed E-state index contributed by atoms with van der Waals surface area (Å²) in [5.41, 5.74) is 1.07. The number of aliphatic imine (C=N–C) groups is 1. The molecule has 1 saturated heterocycles. The molecule has 0 atom stereocenters. The van der Waals surface area contributed by atoms with Crippen LogP contribution in [0.25, 0.3) is 0 Å². The van der Waals surface area contributed by atoms with Crippen LogP contribution in [0, 0.1) is 6.92 Å². The standard InChI is InChI=1S/C21H31N5OS.HI/c1-17-5-3-7-20(24-17)26-13-9-18(10-14-26)25-21(23-12-16-28-2)22-11-8-19-6-4-15-27-19;/h3-7,15,18H,8-14,16H2,1-2H3,(H2,22,23,25);1H. The van der Waals surface area contributed by atoms with Gasteiger partial charge in [-0.2, -0.15) is 11.8 Å². The fraction of sp³-hybridized carbons (Fsp3) is 0.524. The van der Waals surface area contributed by atoms with Crippen molar-refractivity contribution in [2.45, 2.75) is 32.2 Å². The minimum atomic E-state index is 0. The molecule has 8 heteroatoms. The van der Waals surface area contributed by atoms with Crippen molar-refractivity contribution < 1.29 is 4.42 Å². The highest BCUT2D eigenvalue weighted by Crippen LogP contribution is 2.18. The molecule has 0 aliphatic carbocycles. The first-order chi connectivity index (χ1) is 13.7. The van der Waals surface area contributed by atoms with Crippen molar-refractivity contribution in [1.29, 1.82) is 0 Å². The number of furan rings is 1. The maximum atomic E-state index is 5.41. The highest BCUT2D eigenvalue weighted by Gasteiger charge is 2.21. The summed E-state index contributed by atoms with van der Waals surface area (Å²) in [6.07, 6.45) is 6.85. The number of halogens is 1. The van der Waals surface area contributed by atoms with Crippen molar-refractivity contribution in [3.05, 3.63) is 48.0 Å². The maximum absolute atomic E-state index is 5.41. The monoisotopic (exact) mass is 529 g/mol. The summed E-state index contributed by atoms with van der Waals surface area (Å²) in [5, 5.41) is 7.09. The molecule has 2 aromatic rings. The third-order valence-electron chi connectivity index (χ3n) is 4.84. The zero-order valence-electron chi connectivity index (χ0n) is 17.3. The van der Waals surface area contributed by atoms with Gasteiger partial charge in [-0.3, -0.25) is 4.99 Å². The van der Waals surface area contributed by atoms with Gasteiger partial charge in [-0.25, -0.2) is 4.98 Å². The van der Waals surface area contributed by atoms with Crippen LogP contribution in [0.1, 0.15) is 24.3 Å². The zero-order chi connectivity index (χ0) is 19.6. The number of pyridine rings is 1. The van der Waals surface area contributed by atoms with Gasteiger partial charge in [0.05, 0.1) is 12.8 Å². The van der Waals surface area contributed by atoms with Crippen molar-refractivity contribution in [1.82, 2.24) is 15.6 Å². The molecule has 0 bridgehead atoms. The lowest BCUT2D eigenvalue weighted by molar-refractivity contribution is 0.458. The van der Waals surface area contributed by atoms with Gasteiger partial charge in [-0.05, 0) is 50.3 Å². The fourth-order valence-corrected chi connectivity index (χ4v) is 3.59. The molecule has 0 aromatic carbocycles. The summed E-state index contributed by atoms with van der Waals surface area (Å²) in [6, 6.07) is 10.6. The first-order valence-corrected chi connectivity index (χ1v) is 11.4. The smallest absolute Gasteiger partial charge is 0.191 e. The summed E-state index contributed by atoms with van der Waals surface area (Å²) in [5.74, 6) is 4.02.